The summed E-state index contributed by atoms with van der Waals surface area (Å²) in [5.74, 6) is 0.709. The fraction of sp³-hybridized carbons (Fsp3) is 0.405. The van der Waals surface area contributed by atoms with Crippen molar-refractivity contribution in [3.63, 3.8) is 0 Å². The summed E-state index contributed by atoms with van der Waals surface area (Å²) in [6, 6.07) is 21.5. The van der Waals surface area contributed by atoms with E-state index in [9.17, 15) is 9.59 Å². The zero-order chi connectivity index (χ0) is 33.5. The van der Waals surface area contributed by atoms with Crippen LogP contribution >= 0.6 is 0 Å². The molecule has 2 aromatic carbocycles. The highest BCUT2D eigenvalue weighted by atomic mass is 16.5. The Morgan fingerprint density at radius 2 is 1.67 bits per heavy atom. The number of ether oxygens (including phenoxy) is 2. The number of benzene rings is 2. The molecular weight excluding hydrogens is 606 g/mol. The molecule has 2 fully saturated rings. The second-order valence-electron chi connectivity index (χ2n) is 12.6. The summed E-state index contributed by atoms with van der Waals surface area (Å²) < 4.78 is 12.5. The second-order valence-corrected chi connectivity index (χ2v) is 12.6. The second kappa shape index (κ2) is 15.4. The molecule has 11 nitrogen and oxygen atoms in total. The molecule has 0 radical (unpaired) electrons. The van der Waals surface area contributed by atoms with Crippen LogP contribution in [0.5, 0.6) is 5.88 Å². The van der Waals surface area contributed by atoms with Crippen molar-refractivity contribution >= 4 is 17.8 Å². The number of anilines is 1. The van der Waals surface area contributed by atoms with Crippen LogP contribution in [0.2, 0.25) is 0 Å². The van der Waals surface area contributed by atoms with E-state index >= 15 is 0 Å². The van der Waals surface area contributed by atoms with Gasteiger partial charge in [-0.2, -0.15) is 5.10 Å². The molecule has 3 heterocycles. The molecule has 1 aliphatic heterocycles. The van der Waals surface area contributed by atoms with Gasteiger partial charge in [-0.1, -0.05) is 67.8 Å². The first-order valence-electron chi connectivity index (χ1n) is 16.8. The quantitative estimate of drug-likeness (QED) is 0.194. The lowest BCUT2D eigenvalue weighted by Crippen LogP contribution is -2.42. The average Bonchev–Trinajstić information content (AvgIpc) is 3.68. The Kier molecular flexibility index (Phi) is 10.7. The van der Waals surface area contributed by atoms with E-state index in [4.69, 9.17) is 14.6 Å². The Hall–Kier alpha value is -4.74. The number of pyridine rings is 1. The fourth-order valence-electron chi connectivity index (χ4n) is 6.87. The van der Waals surface area contributed by atoms with E-state index in [0.29, 0.717) is 35.8 Å². The summed E-state index contributed by atoms with van der Waals surface area (Å²) in [6.07, 6.45) is 7.01. The first-order chi connectivity index (χ1) is 23.4. The topological polar surface area (TPSA) is 123 Å². The number of amides is 3. The van der Waals surface area contributed by atoms with E-state index in [1.165, 1.54) is 19.1 Å². The highest BCUT2D eigenvalue weighted by molar-refractivity contribution is 5.98. The molecule has 11 heteroatoms. The predicted octanol–water partition coefficient (Wildman–Crippen LogP) is 5.55. The molecule has 6 rings (SSSR count). The zero-order valence-electron chi connectivity index (χ0n) is 27.9. The number of para-hydroxylation sites is 1. The number of rotatable bonds is 11. The van der Waals surface area contributed by atoms with Crippen LogP contribution < -0.4 is 20.7 Å². The summed E-state index contributed by atoms with van der Waals surface area (Å²) in [5, 5.41) is 14.5. The van der Waals surface area contributed by atoms with Crippen molar-refractivity contribution in [3.05, 3.63) is 89.6 Å². The van der Waals surface area contributed by atoms with Crippen LogP contribution in [-0.2, 0) is 4.74 Å². The molecule has 1 saturated carbocycles. The minimum Gasteiger partial charge on any atom is -0.480 e. The van der Waals surface area contributed by atoms with Gasteiger partial charge in [-0.25, -0.2) is 14.5 Å². The van der Waals surface area contributed by atoms with Gasteiger partial charge in [0.25, 0.3) is 5.91 Å². The molecule has 2 aliphatic rings. The van der Waals surface area contributed by atoms with Crippen molar-refractivity contribution in [3.8, 4) is 22.8 Å². The lowest BCUT2D eigenvalue weighted by atomic mass is 9.94. The number of hydrogen-bond donors (Lipinski definition) is 3. The van der Waals surface area contributed by atoms with Gasteiger partial charge in [0.15, 0.2) is 0 Å². The minimum absolute atomic E-state index is 0.104. The summed E-state index contributed by atoms with van der Waals surface area (Å²) in [4.78, 5) is 34.0. The SMILES string of the molecule is COCCN1C[C@@H](NC(=O)Nc2c(C)c(-c3cnc(OC)c(C(=O)NC4CCCCC4)c3)nn2-c2ccccc2)[C@H](c2ccccc2)C1. The zero-order valence-corrected chi connectivity index (χ0v) is 27.9. The Labute approximate surface area is 282 Å². The summed E-state index contributed by atoms with van der Waals surface area (Å²) in [7, 11) is 3.22. The number of likely N-dealkylation sites (tertiary alicyclic amines) is 1. The van der Waals surface area contributed by atoms with Crippen LogP contribution in [0.4, 0.5) is 10.6 Å². The first kappa shape index (κ1) is 33.2. The van der Waals surface area contributed by atoms with Gasteiger partial charge in [0.1, 0.15) is 11.4 Å². The molecular formula is C37H45N7O4. The average molecular weight is 652 g/mol. The normalized spacial score (nSPS) is 18.4. The molecule has 48 heavy (non-hydrogen) atoms. The predicted molar refractivity (Wildman–Crippen MR) is 186 cm³/mol. The molecule has 252 valence electrons. The maximum Gasteiger partial charge on any atom is 0.320 e. The largest absolute Gasteiger partial charge is 0.480 e. The maximum absolute atomic E-state index is 13.8. The van der Waals surface area contributed by atoms with E-state index in [1.807, 2.05) is 55.5 Å². The highest BCUT2D eigenvalue weighted by Crippen LogP contribution is 2.33. The van der Waals surface area contributed by atoms with E-state index in [2.05, 4.69) is 38.0 Å². The third-order valence-corrected chi connectivity index (χ3v) is 9.41. The molecule has 3 amide bonds. The molecule has 0 spiro atoms. The van der Waals surface area contributed by atoms with Crippen molar-refractivity contribution in [2.24, 2.45) is 0 Å². The van der Waals surface area contributed by atoms with Crippen LogP contribution in [0.1, 0.15) is 59.5 Å². The van der Waals surface area contributed by atoms with Gasteiger partial charge in [-0.15, -0.1) is 0 Å². The number of carbonyl (C=O) groups excluding carboxylic acids is 2. The number of urea groups is 1. The number of carbonyl (C=O) groups is 2. The Bertz CT molecular complexity index is 1690. The number of nitrogens with zero attached hydrogens (tertiary/aromatic N) is 4. The van der Waals surface area contributed by atoms with Gasteiger partial charge in [0.2, 0.25) is 5.88 Å². The molecule has 2 aromatic heterocycles. The minimum atomic E-state index is -0.318. The van der Waals surface area contributed by atoms with Crippen LogP contribution in [0.3, 0.4) is 0 Å². The third-order valence-electron chi connectivity index (χ3n) is 9.41. The van der Waals surface area contributed by atoms with Gasteiger partial charge in [0.05, 0.1) is 31.1 Å². The standard InChI is InChI=1S/C37H45N7O4/c1-25-33(27-21-30(36(48-3)38-22-27)35(45)39-28-15-9-5-10-16-28)42-44(29-17-11-6-12-18-29)34(25)41-37(46)40-32-24-43(19-20-47-2)23-31(32)26-13-7-4-8-14-26/h4,6-8,11-14,17-18,21-22,28,31-32H,5,9-10,15-16,19-20,23-24H2,1-3H3,(H,39,45)(H2,40,41,46)/t31-,32+/m0/s1. The van der Waals surface area contributed by atoms with Gasteiger partial charge < -0.3 is 20.1 Å². The van der Waals surface area contributed by atoms with E-state index in [1.54, 1.807) is 24.1 Å². The molecule has 1 aliphatic carbocycles. The summed E-state index contributed by atoms with van der Waals surface area (Å²) in [5.41, 5.74) is 4.32. The van der Waals surface area contributed by atoms with Gasteiger partial charge in [-0.3, -0.25) is 15.0 Å². The van der Waals surface area contributed by atoms with Crippen molar-refractivity contribution in [1.29, 1.82) is 0 Å². The van der Waals surface area contributed by atoms with Crippen molar-refractivity contribution in [1.82, 2.24) is 30.3 Å². The molecule has 1 saturated heterocycles. The number of methoxy groups -OCH3 is 2. The fourth-order valence-corrected chi connectivity index (χ4v) is 6.87. The lowest BCUT2D eigenvalue weighted by molar-refractivity contribution is 0.0924. The number of hydrogen-bond acceptors (Lipinski definition) is 7. The van der Waals surface area contributed by atoms with Crippen LogP contribution in [0.25, 0.3) is 16.9 Å². The maximum atomic E-state index is 13.8. The molecule has 0 bridgehead atoms. The Balaban J connectivity index is 1.28. The van der Waals surface area contributed by atoms with Crippen molar-refractivity contribution in [2.45, 2.75) is 57.0 Å². The summed E-state index contributed by atoms with van der Waals surface area (Å²) >= 11 is 0. The monoisotopic (exact) mass is 651 g/mol. The van der Waals surface area contributed by atoms with Crippen LogP contribution in [-0.4, -0.2) is 84.1 Å². The van der Waals surface area contributed by atoms with Crippen LogP contribution in [0, 0.1) is 6.92 Å². The molecule has 0 unspecified atom stereocenters. The van der Waals surface area contributed by atoms with Crippen molar-refractivity contribution < 1.29 is 19.1 Å². The number of nitrogens with one attached hydrogen (secondary N) is 3. The first-order valence-corrected chi connectivity index (χ1v) is 16.8. The van der Waals surface area contributed by atoms with Gasteiger partial charge in [0, 0.05) is 56.0 Å². The Morgan fingerprint density at radius 3 is 2.38 bits per heavy atom. The molecule has 2 atom stereocenters. The molecule has 3 N–H and O–H groups in total. The highest BCUT2D eigenvalue weighted by Gasteiger charge is 2.35. The van der Waals surface area contributed by atoms with E-state index < -0.39 is 0 Å². The summed E-state index contributed by atoms with van der Waals surface area (Å²) in [6.45, 7) is 4.87. The smallest absolute Gasteiger partial charge is 0.320 e. The number of aromatic nitrogens is 3. The van der Waals surface area contributed by atoms with Crippen molar-refractivity contribution in [2.75, 3.05) is 45.8 Å². The van der Waals surface area contributed by atoms with Gasteiger partial charge in [-0.05, 0) is 43.5 Å². The Morgan fingerprint density at radius 1 is 0.938 bits per heavy atom. The van der Waals surface area contributed by atoms with E-state index in [-0.39, 0.29) is 35.8 Å². The van der Waals surface area contributed by atoms with E-state index in [0.717, 1.165) is 50.0 Å². The molecule has 4 aromatic rings. The van der Waals surface area contributed by atoms with Gasteiger partial charge >= 0.3 is 6.03 Å². The van der Waals surface area contributed by atoms with Crippen LogP contribution in [0.15, 0.2) is 72.9 Å². The third kappa shape index (κ3) is 7.53. The lowest BCUT2D eigenvalue weighted by Gasteiger charge is -2.23.